The maximum Gasteiger partial charge on any atom is 0.264 e. The third-order valence-corrected chi connectivity index (χ3v) is 3.99. The lowest BCUT2D eigenvalue weighted by atomic mass is 10.2. The molecule has 0 radical (unpaired) electrons. The van der Waals surface area contributed by atoms with Gasteiger partial charge < -0.3 is 0 Å². The van der Waals surface area contributed by atoms with Gasteiger partial charge in [0.2, 0.25) is 0 Å². The van der Waals surface area contributed by atoms with Crippen LogP contribution < -0.4 is 4.72 Å². The normalized spacial score (nSPS) is 11.0. The molecule has 4 nitrogen and oxygen atoms in total. The Morgan fingerprint density at radius 2 is 1.53 bits per heavy atom. The van der Waals surface area contributed by atoms with Crippen LogP contribution in [0.1, 0.15) is 10.4 Å². The maximum absolute atomic E-state index is 11.9. The lowest BCUT2D eigenvalue weighted by molar-refractivity contribution is 0.0981. The van der Waals surface area contributed by atoms with E-state index in [1.807, 2.05) is 4.72 Å². The van der Waals surface area contributed by atoms with Crippen molar-refractivity contribution in [1.29, 1.82) is 0 Å². The molecule has 0 aliphatic rings. The molecule has 0 aromatic heterocycles. The summed E-state index contributed by atoms with van der Waals surface area (Å²) >= 11 is 5.70. The van der Waals surface area contributed by atoms with Gasteiger partial charge in [-0.2, -0.15) is 0 Å². The van der Waals surface area contributed by atoms with Gasteiger partial charge in [-0.1, -0.05) is 29.8 Å². The molecule has 0 heterocycles. The summed E-state index contributed by atoms with van der Waals surface area (Å²) in [6, 6.07) is 13.6. The summed E-state index contributed by atoms with van der Waals surface area (Å²) in [6.07, 6.45) is 0. The minimum atomic E-state index is -3.85. The zero-order chi connectivity index (χ0) is 13.9. The first-order chi connectivity index (χ1) is 8.99. The molecule has 0 atom stereocenters. The second-order valence-corrected chi connectivity index (χ2v) is 5.87. The summed E-state index contributed by atoms with van der Waals surface area (Å²) in [5.41, 5.74) is 0.226. The predicted octanol–water partition coefficient (Wildman–Crippen LogP) is 2.46. The number of halogens is 1. The van der Waals surface area contributed by atoms with Gasteiger partial charge in [0.15, 0.2) is 0 Å². The Morgan fingerprint density at radius 1 is 0.947 bits per heavy atom. The molecule has 0 fully saturated rings. The van der Waals surface area contributed by atoms with Crippen LogP contribution in [0.25, 0.3) is 0 Å². The van der Waals surface area contributed by atoms with E-state index in [-0.39, 0.29) is 10.5 Å². The van der Waals surface area contributed by atoms with Crippen molar-refractivity contribution < 1.29 is 13.2 Å². The molecular weight excluding hydrogens is 286 g/mol. The average molecular weight is 296 g/mol. The van der Waals surface area contributed by atoms with Gasteiger partial charge in [-0.05, 0) is 36.4 Å². The number of hydrogen-bond acceptors (Lipinski definition) is 3. The fourth-order valence-corrected chi connectivity index (χ4v) is 2.56. The van der Waals surface area contributed by atoms with E-state index >= 15 is 0 Å². The molecule has 0 bridgehead atoms. The van der Waals surface area contributed by atoms with Crippen LogP contribution in [0.3, 0.4) is 0 Å². The molecule has 19 heavy (non-hydrogen) atoms. The summed E-state index contributed by atoms with van der Waals surface area (Å²) in [4.78, 5) is 11.9. The molecule has 0 saturated carbocycles. The molecule has 1 amide bonds. The summed E-state index contributed by atoms with van der Waals surface area (Å²) in [5.74, 6) is -0.694. The number of sulfonamides is 1. The fraction of sp³-hybridized carbons (Fsp3) is 0. The second-order valence-electron chi connectivity index (χ2n) is 3.75. The summed E-state index contributed by atoms with van der Waals surface area (Å²) in [6.45, 7) is 0. The van der Waals surface area contributed by atoms with Crippen molar-refractivity contribution in [2.45, 2.75) is 4.90 Å². The van der Waals surface area contributed by atoms with Crippen molar-refractivity contribution in [1.82, 2.24) is 4.72 Å². The highest BCUT2D eigenvalue weighted by Gasteiger charge is 2.17. The maximum atomic E-state index is 11.9. The second kappa shape index (κ2) is 5.42. The average Bonchev–Trinajstić information content (AvgIpc) is 2.40. The monoisotopic (exact) mass is 295 g/mol. The number of hydrogen-bond donors (Lipinski definition) is 1. The van der Waals surface area contributed by atoms with Crippen LogP contribution in [0.4, 0.5) is 0 Å². The van der Waals surface area contributed by atoms with Gasteiger partial charge in [-0.15, -0.1) is 0 Å². The molecule has 98 valence electrons. The van der Waals surface area contributed by atoms with E-state index in [4.69, 9.17) is 11.6 Å². The van der Waals surface area contributed by atoms with E-state index in [2.05, 4.69) is 0 Å². The molecule has 2 aromatic carbocycles. The van der Waals surface area contributed by atoms with Crippen molar-refractivity contribution in [3.05, 3.63) is 65.2 Å². The van der Waals surface area contributed by atoms with Crippen molar-refractivity contribution in [2.24, 2.45) is 0 Å². The number of carbonyl (C=O) groups is 1. The lowest BCUT2D eigenvalue weighted by Gasteiger charge is -2.06. The highest BCUT2D eigenvalue weighted by Crippen LogP contribution is 2.11. The first-order valence-corrected chi connectivity index (χ1v) is 7.23. The number of amides is 1. The molecule has 0 spiro atoms. The Kier molecular flexibility index (Phi) is 3.87. The van der Waals surface area contributed by atoms with E-state index in [1.165, 1.54) is 36.4 Å². The smallest absolute Gasteiger partial charge is 0.264 e. The molecule has 0 aliphatic carbocycles. The van der Waals surface area contributed by atoms with Crippen LogP contribution in [-0.2, 0) is 10.0 Å². The third-order valence-electron chi connectivity index (χ3n) is 2.39. The topological polar surface area (TPSA) is 63.2 Å². The van der Waals surface area contributed by atoms with E-state index < -0.39 is 15.9 Å². The van der Waals surface area contributed by atoms with Gasteiger partial charge in [-0.3, -0.25) is 4.79 Å². The number of rotatable bonds is 3. The van der Waals surface area contributed by atoms with E-state index in [0.717, 1.165) is 0 Å². The molecular formula is C13H10ClNO3S. The van der Waals surface area contributed by atoms with Gasteiger partial charge >= 0.3 is 0 Å². The molecule has 0 aliphatic heterocycles. The Bertz CT molecular complexity index is 682. The van der Waals surface area contributed by atoms with Crippen LogP contribution in [0, 0.1) is 0 Å². The molecule has 0 unspecified atom stereocenters. The molecule has 6 heteroatoms. The Morgan fingerprint density at radius 3 is 2.11 bits per heavy atom. The summed E-state index contributed by atoms with van der Waals surface area (Å²) < 4.78 is 25.8. The first-order valence-electron chi connectivity index (χ1n) is 5.37. The van der Waals surface area contributed by atoms with E-state index in [9.17, 15) is 13.2 Å². The van der Waals surface area contributed by atoms with Crippen molar-refractivity contribution in [3.8, 4) is 0 Å². The highest BCUT2D eigenvalue weighted by atomic mass is 35.5. The van der Waals surface area contributed by atoms with Crippen LogP contribution in [0.15, 0.2) is 59.5 Å². The van der Waals surface area contributed by atoms with E-state index in [0.29, 0.717) is 5.02 Å². The van der Waals surface area contributed by atoms with Crippen LogP contribution in [0.5, 0.6) is 0 Å². The highest BCUT2D eigenvalue weighted by molar-refractivity contribution is 7.90. The minimum absolute atomic E-state index is 0.0392. The van der Waals surface area contributed by atoms with Gasteiger partial charge in [-0.25, -0.2) is 13.1 Å². The van der Waals surface area contributed by atoms with Gasteiger partial charge in [0.25, 0.3) is 15.9 Å². The van der Waals surface area contributed by atoms with Crippen LogP contribution in [-0.4, -0.2) is 14.3 Å². The standard InChI is InChI=1S/C13H10ClNO3S/c14-11-8-6-10(7-9-11)13(16)15-19(17,18)12-4-2-1-3-5-12/h1-9H,(H,15,16). The Hall–Kier alpha value is -1.85. The summed E-state index contributed by atoms with van der Waals surface area (Å²) in [5, 5.41) is 0.475. The fourth-order valence-electron chi connectivity index (χ4n) is 1.44. The van der Waals surface area contributed by atoms with Crippen molar-refractivity contribution in [3.63, 3.8) is 0 Å². The Labute approximate surface area is 116 Å². The number of benzene rings is 2. The number of carbonyl (C=O) groups excluding carboxylic acids is 1. The molecule has 2 rings (SSSR count). The van der Waals surface area contributed by atoms with Crippen LogP contribution in [0.2, 0.25) is 5.02 Å². The van der Waals surface area contributed by atoms with Crippen molar-refractivity contribution in [2.75, 3.05) is 0 Å². The predicted molar refractivity (Wildman–Crippen MR) is 72.5 cm³/mol. The van der Waals surface area contributed by atoms with Gasteiger partial charge in [0.05, 0.1) is 4.90 Å². The van der Waals surface area contributed by atoms with Crippen LogP contribution >= 0.6 is 11.6 Å². The minimum Gasteiger partial charge on any atom is -0.268 e. The summed E-state index contributed by atoms with van der Waals surface area (Å²) in [7, 11) is -3.85. The molecule has 0 saturated heterocycles. The lowest BCUT2D eigenvalue weighted by Crippen LogP contribution is -2.30. The SMILES string of the molecule is O=C(NS(=O)(=O)c1ccccc1)c1ccc(Cl)cc1. The van der Waals surface area contributed by atoms with Crippen molar-refractivity contribution >= 4 is 27.5 Å². The zero-order valence-electron chi connectivity index (χ0n) is 9.71. The van der Waals surface area contributed by atoms with Gasteiger partial charge in [0, 0.05) is 10.6 Å². The third kappa shape index (κ3) is 3.33. The molecule has 2 aromatic rings. The van der Waals surface area contributed by atoms with E-state index in [1.54, 1.807) is 18.2 Å². The first kappa shape index (κ1) is 13.6. The number of nitrogens with one attached hydrogen (secondary N) is 1. The largest absolute Gasteiger partial charge is 0.268 e. The Balaban J connectivity index is 2.22. The van der Waals surface area contributed by atoms with Gasteiger partial charge in [0.1, 0.15) is 0 Å². The molecule has 1 N–H and O–H groups in total. The zero-order valence-corrected chi connectivity index (χ0v) is 11.3. The quantitative estimate of drug-likeness (QED) is 0.946.